The molecule has 0 spiro atoms. The molecule has 256 valence electrons. The minimum Gasteiger partial charge on any atom is -0.453 e. The number of ether oxygens (including phenoxy) is 2. The van der Waals surface area contributed by atoms with E-state index in [1.807, 2.05) is 48.5 Å². The van der Waals surface area contributed by atoms with Crippen LogP contribution in [0.5, 0.6) is 23.0 Å². The summed E-state index contributed by atoms with van der Waals surface area (Å²) in [5.41, 5.74) is 13.4. The maximum absolute atomic E-state index is 6.26. The van der Waals surface area contributed by atoms with Gasteiger partial charge in [0.2, 0.25) is 0 Å². The van der Waals surface area contributed by atoms with E-state index in [0.717, 1.165) is 57.1 Å². The van der Waals surface area contributed by atoms with Crippen molar-refractivity contribution in [2.75, 3.05) is 9.80 Å². The highest BCUT2D eigenvalue weighted by molar-refractivity contribution is 6.16. The van der Waals surface area contributed by atoms with Crippen LogP contribution in [0.3, 0.4) is 0 Å². The standard InChI is InChI=1S/C49H33N3O2/c1-50-48-36(32-24-28-34(29-25-32)51-40-16-2-6-20-44(40)53-45-21-7-3-17-41(45)51)12-10-14-38(48)39-15-11-13-37(49(39)50)33-26-30-35(31-27-33)52-42-18-4-8-22-46(42)54-47-23-9-5-19-43(47)52/h2-31H,1H3. The van der Waals surface area contributed by atoms with Crippen LogP contribution in [0.15, 0.2) is 182 Å². The molecule has 5 nitrogen and oxygen atoms in total. The molecule has 8 aromatic carbocycles. The molecule has 1 aromatic heterocycles. The highest BCUT2D eigenvalue weighted by atomic mass is 16.5. The summed E-state index contributed by atoms with van der Waals surface area (Å²) in [7, 11) is 2.20. The van der Waals surface area contributed by atoms with Crippen molar-refractivity contribution < 1.29 is 9.47 Å². The van der Waals surface area contributed by atoms with Gasteiger partial charge in [-0.3, -0.25) is 0 Å². The van der Waals surface area contributed by atoms with Gasteiger partial charge in [0.25, 0.3) is 0 Å². The molecule has 0 fully saturated rings. The maximum atomic E-state index is 6.26. The molecule has 0 atom stereocenters. The molecule has 9 aromatic rings. The van der Waals surface area contributed by atoms with Crippen LogP contribution in [0.25, 0.3) is 44.1 Å². The SMILES string of the molecule is Cn1c2c(-c3ccc(N4c5ccccc5Oc5ccccc54)cc3)cccc2c2cccc(-c3ccc(N4c5ccccc5Oc5ccccc54)cc3)c21. The average Bonchev–Trinajstić information content (AvgIpc) is 3.53. The predicted octanol–water partition coefficient (Wildman–Crippen LogP) is 13.8. The Labute approximate surface area is 313 Å². The highest BCUT2D eigenvalue weighted by Crippen LogP contribution is 2.52. The second-order valence-electron chi connectivity index (χ2n) is 13.8. The van der Waals surface area contributed by atoms with E-state index in [2.05, 4.69) is 155 Å². The van der Waals surface area contributed by atoms with Crippen LogP contribution in [0.1, 0.15) is 0 Å². The first-order valence-electron chi connectivity index (χ1n) is 18.2. The molecule has 0 aliphatic carbocycles. The lowest BCUT2D eigenvalue weighted by atomic mass is 9.99. The van der Waals surface area contributed by atoms with Gasteiger partial charge >= 0.3 is 0 Å². The fourth-order valence-electron chi connectivity index (χ4n) is 8.37. The van der Waals surface area contributed by atoms with E-state index in [1.54, 1.807) is 0 Å². The van der Waals surface area contributed by atoms with Crippen LogP contribution in [0, 0.1) is 0 Å². The predicted molar refractivity (Wildman–Crippen MR) is 221 cm³/mol. The third kappa shape index (κ3) is 4.58. The molecule has 2 aliphatic rings. The molecule has 0 bridgehead atoms. The Morgan fingerprint density at radius 2 is 0.667 bits per heavy atom. The van der Waals surface area contributed by atoms with Gasteiger partial charge in [-0.15, -0.1) is 0 Å². The minimum atomic E-state index is 0.850. The van der Waals surface area contributed by atoms with Gasteiger partial charge in [-0.25, -0.2) is 0 Å². The van der Waals surface area contributed by atoms with E-state index >= 15 is 0 Å². The van der Waals surface area contributed by atoms with Gasteiger partial charge in [-0.05, 0) is 83.9 Å². The second kappa shape index (κ2) is 11.9. The van der Waals surface area contributed by atoms with Crippen LogP contribution in [-0.2, 0) is 7.05 Å². The van der Waals surface area contributed by atoms with Gasteiger partial charge in [0.1, 0.15) is 0 Å². The molecular weight excluding hydrogens is 663 g/mol. The molecule has 0 unspecified atom stereocenters. The molecular formula is C49H33N3O2. The number of para-hydroxylation sites is 10. The molecule has 54 heavy (non-hydrogen) atoms. The molecule has 0 saturated heterocycles. The third-order valence-corrected chi connectivity index (χ3v) is 10.8. The first-order chi connectivity index (χ1) is 26.7. The lowest BCUT2D eigenvalue weighted by molar-refractivity contribution is 0.477. The Morgan fingerprint density at radius 1 is 0.333 bits per heavy atom. The summed E-state index contributed by atoms with van der Waals surface area (Å²) >= 11 is 0. The third-order valence-electron chi connectivity index (χ3n) is 10.8. The first-order valence-corrected chi connectivity index (χ1v) is 18.2. The fraction of sp³-hybridized carbons (Fsp3) is 0.0204. The quantitative estimate of drug-likeness (QED) is 0.183. The topological polar surface area (TPSA) is 29.9 Å². The van der Waals surface area contributed by atoms with Gasteiger partial charge in [0.15, 0.2) is 23.0 Å². The highest BCUT2D eigenvalue weighted by Gasteiger charge is 2.27. The van der Waals surface area contributed by atoms with Gasteiger partial charge < -0.3 is 23.8 Å². The average molecular weight is 696 g/mol. The molecule has 0 radical (unpaired) electrons. The summed E-state index contributed by atoms with van der Waals surface area (Å²) in [5.74, 6) is 3.40. The van der Waals surface area contributed by atoms with Crippen molar-refractivity contribution >= 4 is 55.9 Å². The van der Waals surface area contributed by atoms with Crippen molar-refractivity contribution in [3.8, 4) is 45.3 Å². The second-order valence-corrected chi connectivity index (χ2v) is 13.8. The number of fused-ring (bicyclic) bond motifs is 7. The van der Waals surface area contributed by atoms with Gasteiger partial charge in [0.05, 0.1) is 33.8 Å². The van der Waals surface area contributed by atoms with Crippen molar-refractivity contribution in [2.24, 2.45) is 7.05 Å². The zero-order valence-corrected chi connectivity index (χ0v) is 29.5. The molecule has 0 saturated carbocycles. The zero-order chi connectivity index (χ0) is 35.8. The number of hydrogen-bond acceptors (Lipinski definition) is 4. The van der Waals surface area contributed by atoms with E-state index in [-0.39, 0.29) is 0 Å². The Balaban J connectivity index is 0.988. The van der Waals surface area contributed by atoms with Crippen molar-refractivity contribution in [1.29, 1.82) is 0 Å². The monoisotopic (exact) mass is 695 g/mol. The fourth-order valence-corrected chi connectivity index (χ4v) is 8.37. The van der Waals surface area contributed by atoms with Gasteiger partial charge in [0, 0.05) is 40.3 Å². The Hall–Kier alpha value is -7.24. The number of nitrogens with zero attached hydrogens (tertiary/aromatic N) is 3. The summed E-state index contributed by atoms with van der Waals surface area (Å²) in [6.07, 6.45) is 0. The molecule has 11 rings (SSSR count). The largest absolute Gasteiger partial charge is 0.453 e. The van der Waals surface area contributed by atoms with E-state index in [9.17, 15) is 0 Å². The minimum absolute atomic E-state index is 0.850. The molecule has 0 N–H and O–H groups in total. The Bertz CT molecular complexity index is 2620. The Morgan fingerprint density at radius 3 is 1.02 bits per heavy atom. The number of hydrogen-bond donors (Lipinski definition) is 0. The van der Waals surface area contributed by atoms with Crippen molar-refractivity contribution in [1.82, 2.24) is 4.57 Å². The van der Waals surface area contributed by atoms with E-state index in [0.29, 0.717) is 0 Å². The molecule has 2 aliphatic heterocycles. The number of aromatic nitrogens is 1. The first kappa shape index (κ1) is 30.4. The van der Waals surface area contributed by atoms with Crippen molar-refractivity contribution in [3.05, 3.63) is 182 Å². The lowest BCUT2D eigenvalue weighted by Gasteiger charge is -2.32. The summed E-state index contributed by atoms with van der Waals surface area (Å²) in [6.45, 7) is 0. The van der Waals surface area contributed by atoms with Crippen molar-refractivity contribution in [3.63, 3.8) is 0 Å². The maximum Gasteiger partial charge on any atom is 0.151 e. The van der Waals surface area contributed by atoms with Crippen LogP contribution < -0.4 is 19.3 Å². The summed E-state index contributed by atoms with van der Waals surface area (Å²) in [6, 6.07) is 64.0. The van der Waals surface area contributed by atoms with Gasteiger partial charge in [-0.1, -0.05) is 109 Å². The summed E-state index contributed by atoms with van der Waals surface area (Å²) in [5, 5.41) is 2.48. The number of aryl methyl sites for hydroxylation is 1. The van der Waals surface area contributed by atoms with E-state index in [1.165, 1.54) is 44.1 Å². The Kier molecular flexibility index (Phi) is 6.70. The molecule has 5 heteroatoms. The molecule has 0 amide bonds. The normalized spacial score (nSPS) is 12.8. The van der Waals surface area contributed by atoms with Crippen LogP contribution >= 0.6 is 0 Å². The number of anilines is 6. The van der Waals surface area contributed by atoms with E-state index < -0.39 is 0 Å². The molecule has 3 heterocycles. The van der Waals surface area contributed by atoms with Gasteiger partial charge in [-0.2, -0.15) is 0 Å². The lowest BCUT2D eigenvalue weighted by Crippen LogP contribution is -2.15. The summed E-state index contributed by atoms with van der Waals surface area (Å²) in [4.78, 5) is 4.56. The van der Waals surface area contributed by atoms with Crippen LogP contribution in [-0.4, -0.2) is 4.57 Å². The number of rotatable bonds is 4. The van der Waals surface area contributed by atoms with Crippen LogP contribution in [0.2, 0.25) is 0 Å². The number of benzene rings is 8. The van der Waals surface area contributed by atoms with Crippen LogP contribution in [0.4, 0.5) is 34.1 Å². The summed E-state index contributed by atoms with van der Waals surface area (Å²) < 4.78 is 14.9. The zero-order valence-electron chi connectivity index (χ0n) is 29.5. The van der Waals surface area contributed by atoms with E-state index in [4.69, 9.17) is 9.47 Å². The van der Waals surface area contributed by atoms with Crippen molar-refractivity contribution in [2.45, 2.75) is 0 Å². The smallest absolute Gasteiger partial charge is 0.151 e.